The maximum atomic E-state index is 13.0. The summed E-state index contributed by atoms with van der Waals surface area (Å²) in [6, 6.07) is 10.6. The highest BCUT2D eigenvalue weighted by Gasteiger charge is 2.27. The van der Waals surface area contributed by atoms with Gasteiger partial charge in [-0.2, -0.15) is 0 Å². The van der Waals surface area contributed by atoms with E-state index < -0.39 is 0 Å². The molecule has 1 unspecified atom stereocenters. The molecule has 1 aliphatic rings. The lowest BCUT2D eigenvalue weighted by Crippen LogP contribution is -2.42. The number of likely N-dealkylation sites (tertiary alicyclic amines) is 1. The predicted octanol–water partition coefficient (Wildman–Crippen LogP) is 4.02. The van der Waals surface area contributed by atoms with Gasteiger partial charge in [0.1, 0.15) is 0 Å². The lowest BCUT2D eigenvalue weighted by Gasteiger charge is -2.33. The van der Waals surface area contributed by atoms with Crippen LogP contribution in [0.25, 0.3) is 5.69 Å². The molecule has 0 bridgehead atoms. The Kier molecular flexibility index (Phi) is 6.53. The van der Waals surface area contributed by atoms with Crippen LogP contribution in [0.15, 0.2) is 30.3 Å². The number of amides is 1. The highest BCUT2D eigenvalue weighted by molar-refractivity contribution is 5.96. The predicted molar refractivity (Wildman–Crippen MR) is 110 cm³/mol. The van der Waals surface area contributed by atoms with Crippen molar-refractivity contribution in [3.05, 3.63) is 52.8 Å². The standard InChI is InChI=1S/C21H29N3O.ClH/c1-14-6-5-7-19(12-14)24-15(2)13-20(17(24)4)21(25)23-10-8-18(9-11-23)16(3)22;/h5-7,12-13,16,18H,8-11,22H2,1-4H3;1H. The first-order valence-electron chi connectivity index (χ1n) is 9.19. The molecule has 142 valence electrons. The van der Waals surface area contributed by atoms with Gasteiger partial charge in [-0.05, 0) is 70.2 Å². The summed E-state index contributed by atoms with van der Waals surface area (Å²) < 4.78 is 2.18. The summed E-state index contributed by atoms with van der Waals surface area (Å²) in [6.07, 6.45) is 2.00. The second-order valence-corrected chi connectivity index (χ2v) is 7.45. The van der Waals surface area contributed by atoms with E-state index >= 15 is 0 Å². The van der Waals surface area contributed by atoms with Gasteiger partial charge in [-0.3, -0.25) is 4.79 Å². The fourth-order valence-electron chi connectivity index (χ4n) is 3.94. The second-order valence-electron chi connectivity index (χ2n) is 7.45. The highest BCUT2D eigenvalue weighted by Crippen LogP contribution is 2.25. The Hall–Kier alpha value is -1.78. The fraction of sp³-hybridized carbons (Fsp3) is 0.476. The van der Waals surface area contributed by atoms with Crippen LogP contribution in [0.3, 0.4) is 0 Å². The van der Waals surface area contributed by atoms with Crippen molar-refractivity contribution in [1.82, 2.24) is 9.47 Å². The van der Waals surface area contributed by atoms with E-state index in [9.17, 15) is 4.79 Å². The molecule has 1 amide bonds. The lowest BCUT2D eigenvalue weighted by molar-refractivity contribution is 0.0680. The minimum Gasteiger partial charge on any atom is -0.339 e. The van der Waals surface area contributed by atoms with Crippen molar-refractivity contribution < 1.29 is 4.79 Å². The van der Waals surface area contributed by atoms with E-state index in [-0.39, 0.29) is 24.4 Å². The molecule has 1 saturated heterocycles. The monoisotopic (exact) mass is 375 g/mol. The number of piperidine rings is 1. The van der Waals surface area contributed by atoms with Crippen molar-refractivity contribution in [2.24, 2.45) is 11.7 Å². The molecule has 1 aromatic heterocycles. The molecule has 5 heteroatoms. The van der Waals surface area contributed by atoms with Crippen molar-refractivity contribution in [3.63, 3.8) is 0 Å². The van der Waals surface area contributed by atoms with Gasteiger partial charge in [0.25, 0.3) is 5.91 Å². The van der Waals surface area contributed by atoms with Gasteiger partial charge >= 0.3 is 0 Å². The summed E-state index contributed by atoms with van der Waals surface area (Å²) in [5.41, 5.74) is 11.3. The van der Waals surface area contributed by atoms with Gasteiger partial charge in [-0.15, -0.1) is 12.4 Å². The average molecular weight is 376 g/mol. The Morgan fingerprint density at radius 3 is 2.38 bits per heavy atom. The number of halogens is 1. The smallest absolute Gasteiger partial charge is 0.255 e. The third-order valence-electron chi connectivity index (χ3n) is 5.49. The number of carbonyl (C=O) groups is 1. The first-order chi connectivity index (χ1) is 11.9. The van der Waals surface area contributed by atoms with E-state index in [1.54, 1.807) is 0 Å². The number of benzene rings is 1. The molecule has 1 aromatic carbocycles. The topological polar surface area (TPSA) is 51.3 Å². The summed E-state index contributed by atoms with van der Waals surface area (Å²) in [6.45, 7) is 9.87. The maximum Gasteiger partial charge on any atom is 0.255 e. The summed E-state index contributed by atoms with van der Waals surface area (Å²) in [5.74, 6) is 0.680. The number of nitrogens with two attached hydrogens (primary N) is 1. The zero-order valence-electron chi connectivity index (χ0n) is 16.2. The molecule has 26 heavy (non-hydrogen) atoms. The minimum absolute atomic E-state index is 0. The molecule has 0 spiro atoms. The number of hydrogen-bond acceptors (Lipinski definition) is 2. The van der Waals surface area contributed by atoms with Gasteiger partial charge < -0.3 is 15.2 Å². The zero-order chi connectivity index (χ0) is 18.1. The molecule has 2 aromatic rings. The van der Waals surface area contributed by atoms with E-state index in [1.165, 1.54) is 5.56 Å². The minimum atomic E-state index is 0. The van der Waals surface area contributed by atoms with Crippen LogP contribution in [0.5, 0.6) is 0 Å². The first-order valence-corrected chi connectivity index (χ1v) is 9.19. The molecular formula is C21H30ClN3O. The Labute approximate surface area is 162 Å². The van der Waals surface area contributed by atoms with Crippen LogP contribution in [0.1, 0.15) is 47.1 Å². The van der Waals surface area contributed by atoms with Gasteiger partial charge in [0, 0.05) is 36.2 Å². The molecule has 1 aliphatic heterocycles. The van der Waals surface area contributed by atoms with E-state index in [0.717, 1.165) is 48.6 Å². The lowest BCUT2D eigenvalue weighted by atomic mass is 9.90. The van der Waals surface area contributed by atoms with E-state index in [0.29, 0.717) is 5.92 Å². The van der Waals surface area contributed by atoms with Gasteiger partial charge in [-0.25, -0.2) is 0 Å². The molecule has 2 heterocycles. The van der Waals surface area contributed by atoms with Crippen LogP contribution in [-0.4, -0.2) is 34.5 Å². The molecule has 0 aliphatic carbocycles. The van der Waals surface area contributed by atoms with Gasteiger partial charge in [0.15, 0.2) is 0 Å². The third kappa shape index (κ3) is 3.97. The first kappa shape index (κ1) is 20.5. The van der Waals surface area contributed by atoms with Crippen LogP contribution in [0.2, 0.25) is 0 Å². The van der Waals surface area contributed by atoms with Crippen LogP contribution in [0.4, 0.5) is 0 Å². The summed E-state index contributed by atoms with van der Waals surface area (Å²) >= 11 is 0. The number of aromatic nitrogens is 1. The fourth-order valence-corrected chi connectivity index (χ4v) is 3.94. The van der Waals surface area contributed by atoms with Crippen molar-refractivity contribution in [2.75, 3.05) is 13.1 Å². The summed E-state index contributed by atoms with van der Waals surface area (Å²) in [5, 5.41) is 0. The number of hydrogen-bond donors (Lipinski definition) is 1. The third-order valence-corrected chi connectivity index (χ3v) is 5.49. The van der Waals surface area contributed by atoms with Gasteiger partial charge in [-0.1, -0.05) is 12.1 Å². The molecule has 1 atom stereocenters. The van der Waals surface area contributed by atoms with Crippen LogP contribution in [-0.2, 0) is 0 Å². The summed E-state index contributed by atoms with van der Waals surface area (Å²) in [7, 11) is 0. The number of aryl methyl sites for hydroxylation is 2. The molecular weight excluding hydrogens is 346 g/mol. The van der Waals surface area contributed by atoms with Crippen molar-refractivity contribution in [1.29, 1.82) is 0 Å². The number of rotatable bonds is 3. The molecule has 3 rings (SSSR count). The SMILES string of the molecule is Cc1cccc(-n2c(C)cc(C(=O)N3CCC(C(C)N)CC3)c2C)c1.Cl. The van der Waals surface area contributed by atoms with E-state index in [4.69, 9.17) is 5.73 Å². The van der Waals surface area contributed by atoms with Crippen LogP contribution < -0.4 is 5.73 Å². The van der Waals surface area contributed by atoms with Gasteiger partial charge in [0.05, 0.1) is 5.56 Å². The van der Waals surface area contributed by atoms with Gasteiger partial charge in [0.2, 0.25) is 0 Å². The molecule has 4 nitrogen and oxygen atoms in total. The Bertz CT molecular complexity index is 774. The Morgan fingerprint density at radius 1 is 1.15 bits per heavy atom. The molecule has 0 saturated carbocycles. The maximum absolute atomic E-state index is 13.0. The Balaban J connectivity index is 0.00000243. The molecule has 2 N–H and O–H groups in total. The van der Waals surface area contributed by atoms with Crippen LogP contribution >= 0.6 is 12.4 Å². The van der Waals surface area contributed by atoms with E-state index in [2.05, 4.69) is 49.6 Å². The molecule has 1 fully saturated rings. The van der Waals surface area contributed by atoms with Crippen molar-refractivity contribution in [2.45, 2.75) is 46.6 Å². The van der Waals surface area contributed by atoms with Crippen LogP contribution in [0, 0.1) is 26.7 Å². The van der Waals surface area contributed by atoms with Crippen molar-refractivity contribution in [3.8, 4) is 5.69 Å². The quantitative estimate of drug-likeness (QED) is 0.880. The number of nitrogens with zero attached hydrogens (tertiary/aromatic N) is 2. The van der Waals surface area contributed by atoms with Crippen molar-refractivity contribution >= 4 is 18.3 Å². The second kappa shape index (κ2) is 8.28. The summed E-state index contributed by atoms with van der Waals surface area (Å²) in [4.78, 5) is 15.0. The zero-order valence-corrected chi connectivity index (χ0v) is 17.0. The molecule has 0 radical (unpaired) electrons. The Morgan fingerprint density at radius 2 is 1.81 bits per heavy atom. The average Bonchev–Trinajstić information content (AvgIpc) is 2.88. The highest BCUT2D eigenvalue weighted by atomic mass is 35.5. The number of carbonyl (C=O) groups excluding carboxylic acids is 1. The normalized spacial score (nSPS) is 16.3. The largest absolute Gasteiger partial charge is 0.339 e. The van der Waals surface area contributed by atoms with E-state index in [1.807, 2.05) is 17.9 Å².